The van der Waals surface area contributed by atoms with Gasteiger partial charge < -0.3 is 14.8 Å². The minimum absolute atomic E-state index is 0.103. The SMILES string of the molecule is Cc1onc(C(=O)Nc2ccc[nH]c2=O)c1Br. The maximum atomic E-state index is 11.8. The number of aromatic nitrogens is 2. The summed E-state index contributed by atoms with van der Waals surface area (Å²) in [5, 5.41) is 6.04. The molecule has 0 unspecified atom stereocenters. The van der Waals surface area contributed by atoms with E-state index >= 15 is 0 Å². The summed E-state index contributed by atoms with van der Waals surface area (Å²) in [5.41, 5.74) is -0.118. The Bertz CT molecular complexity index is 617. The summed E-state index contributed by atoms with van der Waals surface area (Å²) in [6.45, 7) is 1.67. The van der Waals surface area contributed by atoms with Crippen LogP contribution in [0.2, 0.25) is 0 Å². The van der Waals surface area contributed by atoms with Crippen LogP contribution in [0.15, 0.2) is 32.1 Å². The number of pyridine rings is 1. The van der Waals surface area contributed by atoms with Gasteiger partial charge in [-0.2, -0.15) is 0 Å². The monoisotopic (exact) mass is 297 g/mol. The number of amides is 1. The van der Waals surface area contributed by atoms with Gasteiger partial charge in [0.1, 0.15) is 11.4 Å². The first-order valence-corrected chi connectivity index (χ1v) is 5.49. The first kappa shape index (κ1) is 11.6. The van der Waals surface area contributed by atoms with Crippen molar-refractivity contribution in [3.05, 3.63) is 44.6 Å². The molecule has 17 heavy (non-hydrogen) atoms. The van der Waals surface area contributed by atoms with Gasteiger partial charge in [-0.25, -0.2) is 0 Å². The quantitative estimate of drug-likeness (QED) is 0.883. The van der Waals surface area contributed by atoms with Crippen LogP contribution < -0.4 is 10.9 Å². The zero-order chi connectivity index (χ0) is 12.4. The molecule has 0 saturated heterocycles. The van der Waals surface area contributed by atoms with E-state index in [0.717, 1.165) is 0 Å². The number of aromatic amines is 1. The highest BCUT2D eigenvalue weighted by Crippen LogP contribution is 2.20. The topological polar surface area (TPSA) is 88.0 Å². The van der Waals surface area contributed by atoms with Gasteiger partial charge in [0.05, 0.1) is 4.47 Å². The summed E-state index contributed by atoms with van der Waals surface area (Å²) >= 11 is 3.18. The van der Waals surface area contributed by atoms with Crippen LogP contribution in [-0.2, 0) is 0 Å². The standard InChI is InChI=1S/C10H8BrN3O3/c1-5-7(11)8(14-17-5)10(16)13-6-3-2-4-12-9(6)15/h2-4H,1H3,(H,12,15)(H,13,16). The van der Waals surface area contributed by atoms with Crippen LogP contribution in [0.4, 0.5) is 5.69 Å². The predicted molar refractivity (Wildman–Crippen MR) is 64.0 cm³/mol. The molecule has 0 aliphatic heterocycles. The van der Waals surface area contributed by atoms with Crippen molar-refractivity contribution in [3.63, 3.8) is 0 Å². The second-order valence-electron chi connectivity index (χ2n) is 3.27. The van der Waals surface area contributed by atoms with Crippen LogP contribution in [0.25, 0.3) is 0 Å². The number of halogens is 1. The van der Waals surface area contributed by atoms with Gasteiger partial charge in [-0.05, 0) is 35.0 Å². The Kier molecular flexibility index (Phi) is 3.10. The maximum absolute atomic E-state index is 11.8. The molecule has 1 amide bonds. The summed E-state index contributed by atoms with van der Waals surface area (Å²) < 4.78 is 5.32. The van der Waals surface area contributed by atoms with E-state index in [-0.39, 0.29) is 16.9 Å². The minimum atomic E-state index is -0.509. The number of aryl methyl sites for hydroxylation is 1. The number of H-pyrrole nitrogens is 1. The van der Waals surface area contributed by atoms with Gasteiger partial charge >= 0.3 is 0 Å². The van der Waals surface area contributed by atoms with E-state index in [1.165, 1.54) is 12.3 Å². The Morgan fingerprint density at radius 1 is 1.59 bits per heavy atom. The molecular weight excluding hydrogens is 290 g/mol. The second-order valence-corrected chi connectivity index (χ2v) is 4.06. The fourth-order valence-electron chi connectivity index (χ4n) is 1.20. The van der Waals surface area contributed by atoms with Crippen molar-refractivity contribution >= 4 is 27.5 Å². The van der Waals surface area contributed by atoms with E-state index in [9.17, 15) is 9.59 Å². The molecule has 0 fully saturated rings. The number of nitrogens with zero attached hydrogens (tertiary/aromatic N) is 1. The third kappa shape index (κ3) is 2.28. The average molecular weight is 298 g/mol. The zero-order valence-electron chi connectivity index (χ0n) is 8.78. The summed E-state index contributed by atoms with van der Waals surface area (Å²) in [5.74, 6) is -0.0115. The third-order valence-corrected chi connectivity index (χ3v) is 3.01. The molecule has 6 nitrogen and oxygen atoms in total. The Labute approximate surface area is 104 Å². The van der Waals surface area contributed by atoms with E-state index in [4.69, 9.17) is 4.52 Å². The van der Waals surface area contributed by atoms with Crippen LogP contribution >= 0.6 is 15.9 Å². The van der Waals surface area contributed by atoms with Gasteiger partial charge in [-0.3, -0.25) is 9.59 Å². The lowest BCUT2D eigenvalue weighted by molar-refractivity contribution is 0.101. The highest BCUT2D eigenvalue weighted by atomic mass is 79.9. The van der Waals surface area contributed by atoms with Gasteiger partial charge in [0, 0.05) is 6.20 Å². The van der Waals surface area contributed by atoms with Crippen LogP contribution in [0, 0.1) is 6.92 Å². The third-order valence-electron chi connectivity index (χ3n) is 2.07. The number of rotatable bonds is 2. The fraction of sp³-hybridized carbons (Fsp3) is 0.100. The van der Waals surface area contributed by atoms with Crippen molar-refractivity contribution in [1.82, 2.24) is 10.1 Å². The summed E-state index contributed by atoms with van der Waals surface area (Å²) in [6.07, 6.45) is 1.48. The number of carbonyl (C=O) groups excluding carboxylic acids is 1. The first-order chi connectivity index (χ1) is 8.09. The van der Waals surface area contributed by atoms with Crippen LogP contribution in [-0.4, -0.2) is 16.0 Å². The predicted octanol–water partition coefficient (Wildman–Crippen LogP) is 1.69. The van der Waals surface area contributed by atoms with E-state index in [0.29, 0.717) is 10.2 Å². The molecule has 2 heterocycles. The molecule has 0 radical (unpaired) electrons. The van der Waals surface area contributed by atoms with Crippen molar-refractivity contribution in [2.45, 2.75) is 6.92 Å². The molecule has 0 saturated carbocycles. The van der Waals surface area contributed by atoms with Crippen molar-refractivity contribution in [2.24, 2.45) is 0 Å². The van der Waals surface area contributed by atoms with Crippen LogP contribution in [0.3, 0.4) is 0 Å². The Morgan fingerprint density at radius 3 is 2.94 bits per heavy atom. The normalized spacial score (nSPS) is 10.2. The number of hydrogen-bond acceptors (Lipinski definition) is 4. The minimum Gasteiger partial charge on any atom is -0.360 e. The van der Waals surface area contributed by atoms with E-state index in [1.807, 2.05) is 0 Å². The van der Waals surface area contributed by atoms with Gasteiger partial charge in [0.2, 0.25) is 0 Å². The Hall–Kier alpha value is -1.89. The molecule has 0 aliphatic carbocycles. The lowest BCUT2D eigenvalue weighted by atomic mass is 10.3. The first-order valence-electron chi connectivity index (χ1n) is 4.70. The van der Waals surface area contributed by atoms with E-state index < -0.39 is 5.91 Å². The highest BCUT2D eigenvalue weighted by molar-refractivity contribution is 9.10. The average Bonchev–Trinajstić information content (AvgIpc) is 2.63. The van der Waals surface area contributed by atoms with E-state index in [2.05, 4.69) is 31.4 Å². The smallest absolute Gasteiger partial charge is 0.279 e. The molecule has 0 atom stereocenters. The Morgan fingerprint density at radius 2 is 2.35 bits per heavy atom. The number of nitrogens with one attached hydrogen (secondary N) is 2. The van der Waals surface area contributed by atoms with Crippen molar-refractivity contribution < 1.29 is 9.32 Å². The maximum Gasteiger partial charge on any atom is 0.279 e. The van der Waals surface area contributed by atoms with Crippen molar-refractivity contribution in [2.75, 3.05) is 5.32 Å². The molecule has 2 N–H and O–H groups in total. The molecular formula is C10H8BrN3O3. The van der Waals surface area contributed by atoms with Gasteiger partial charge in [0.25, 0.3) is 11.5 Å². The van der Waals surface area contributed by atoms with Crippen molar-refractivity contribution in [3.8, 4) is 0 Å². The van der Waals surface area contributed by atoms with Gasteiger partial charge in [0.15, 0.2) is 5.69 Å². The largest absolute Gasteiger partial charge is 0.360 e. The van der Waals surface area contributed by atoms with Crippen LogP contribution in [0.5, 0.6) is 0 Å². The lowest BCUT2D eigenvalue weighted by Gasteiger charge is -2.00. The second kappa shape index (κ2) is 4.54. The van der Waals surface area contributed by atoms with Gasteiger partial charge in [-0.1, -0.05) is 5.16 Å². The lowest BCUT2D eigenvalue weighted by Crippen LogP contribution is -2.19. The zero-order valence-corrected chi connectivity index (χ0v) is 10.4. The molecule has 2 rings (SSSR count). The number of anilines is 1. The van der Waals surface area contributed by atoms with Crippen LogP contribution in [0.1, 0.15) is 16.2 Å². The summed E-state index contributed by atoms with van der Waals surface area (Å²) in [6, 6.07) is 3.11. The number of carbonyl (C=O) groups is 1. The van der Waals surface area contributed by atoms with Gasteiger partial charge in [-0.15, -0.1) is 0 Å². The molecule has 2 aromatic heterocycles. The highest BCUT2D eigenvalue weighted by Gasteiger charge is 2.18. The molecule has 7 heteroatoms. The Balaban J connectivity index is 2.27. The summed E-state index contributed by atoms with van der Waals surface area (Å²) in [4.78, 5) is 25.6. The van der Waals surface area contributed by atoms with Crippen molar-refractivity contribution in [1.29, 1.82) is 0 Å². The molecule has 0 aliphatic rings. The number of hydrogen-bond donors (Lipinski definition) is 2. The molecule has 88 valence electrons. The summed E-state index contributed by atoms with van der Waals surface area (Å²) in [7, 11) is 0. The van der Waals surface area contributed by atoms with E-state index in [1.54, 1.807) is 13.0 Å². The molecule has 0 aromatic carbocycles. The molecule has 0 spiro atoms. The molecule has 0 bridgehead atoms. The fourth-order valence-corrected chi connectivity index (χ4v) is 1.53. The molecule has 2 aromatic rings.